The van der Waals surface area contributed by atoms with E-state index in [9.17, 15) is 14.4 Å². The first kappa shape index (κ1) is 21.5. The van der Waals surface area contributed by atoms with E-state index in [0.717, 1.165) is 35.4 Å². The van der Waals surface area contributed by atoms with Gasteiger partial charge < -0.3 is 10.6 Å². The lowest BCUT2D eigenvalue weighted by Gasteiger charge is -2.36. The molecule has 2 unspecified atom stereocenters. The second-order valence-electron chi connectivity index (χ2n) is 8.80. The molecule has 1 aromatic heterocycles. The van der Waals surface area contributed by atoms with Crippen molar-refractivity contribution < 1.29 is 14.4 Å². The van der Waals surface area contributed by atoms with E-state index in [-0.39, 0.29) is 18.4 Å². The number of thiazole rings is 1. The second-order valence-corrected chi connectivity index (χ2v) is 9.66. The summed E-state index contributed by atoms with van der Waals surface area (Å²) in [5.41, 5.74) is 2.15. The summed E-state index contributed by atoms with van der Waals surface area (Å²) in [6.45, 7) is 5.98. The molecule has 2 atom stereocenters. The van der Waals surface area contributed by atoms with Gasteiger partial charge in [-0.25, -0.2) is 9.78 Å². The van der Waals surface area contributed by atoms with Gasteiger partial charge in [-0.15, -0.1) is 11.3 Å². The molecule has 1 spiro atoms. The van der Waals surface area contributed by atoms with Crippen LogP contribution in [0.5, 0.6) is 0 Å². The molecule has 164 valence electrons. The van der Waals surface area contributed by atoms with E-state index in [1.54, 1.807) is 0 Å². The van der Waals surface area contributed by atoms with Crippen molar-refractivity contribution in [3.63, 3.8) is 0 Å². The van der Waals surface area contributed by atoms with E-state index < -0.39 is 17.5 Å². The summed E-state index contributed by atoms with van der Waals surface area (Å²) >= 11 is 1.32. The summed E-state index contributed by atoms with van der Waals surface area (Å²) in [7, 11) is 0. The number of aromatic nitrogens is 1. The van der Waals surface area contributed by atoms with Gasteiger partial charge in [-0.05, 0) is 30.2 Å². The molecular formula is C23H28N4O3S. The Bertz CT molecular complexity index is 1000. The number of amides is 4. The van der Waals surface area contributed by atoms with Gasteiger partial charge >= 0.3 is 6.03 Å². The molecule has 1 aliphatic carbocycles. The number of carbonyl (C=O) groups excluding carboxylic acids is 3. The molecule has 2 fully saturated rings. The average Bonchev–Trinajstić information content (AvgIpc) is 3.29. The van der Waals surface area contributed by atoms with Gasteiger partial charge in [0.05, 0.1) is 5.69 Å². The lowest BCUT2D eigenvalue weighted by Crippen LogP contribution is -2.54. The zero-order valence-electron chi connectivity index (χ0n) is 18.1. The maximum absolute atomic E-state index is 13.0. The van der Waals surface area contributed by atoms with Gasteiger partial charge in [0.1, 0.15) is 12.1 Å². The maximum atomic E-state index is 13.0. The summed E-state index contributed by atoms with van der Waals surface area (Å²) in [6.07, 6.45) is 3.48. The van der Waals surface area contributed by atoms with Crippen LogP contribution in [0.4, 0.5) is 9.93 Å². The zero-order valence-corrected chi connectivity index (χ0v) is 18.9. The molecule has 7 nitrogen and oxygen atoms in total. The SMILES string of the molecule is CC(C)c1ccc(-c2csc(NC(=O)CN3C(=O)NC4(CCCCC4C)C3=O)n2)cc1. The number of carbonyl (C=O) groups is 3. The molecule has 1 aliphatic heterocycles. The largest absolute Gasteiger partial charge is 0.325 e. The molecule has 2 heterocycles. The highest BCUT2D eigenvalue weighted by Crippen LogP contribution is 2.38. The molecule has 1 aromatic carbocycles. The van der Waals surface area contributed by atoms with Gasteiger partial charge in [-0.1, -0.05) is 57.9 Å². The molecule has 4 amide bonds. The van der Waals surface area contributed by atoms with E-state index in [4.69, 9.17) is 0 Å². The van der Waals surface area contributed by atoms with Crippen molar-refractivity contribution in [2.75, 3.05) is 11.9 Å². The molecule has 4 rings (SSSR count). The van der Waals surface area contributed by atoms with Crippen molar-refractivity contribution in [1.29, 1.82) is 0 Å². The number of anilines is 1. The Labute approximate surface area is 186 Å². The van der Waals surface area contributed by atoms with Crippen molar-refractivity contribution in [3.05, 3.63) is 35.2 Å². The summed E-state index contributed by atoms with van der Waals surface area (Å²) in [6, 6.07) is 7.72. The standard InChI is InChI=1S/C23H28N4O3S/c1-14(2)16-7-9-17(10-8-16)18-13-31-21(24-18)25-19(28)12-27-20(29)23(26-22(27)30)11-5-4-6-15(23)3/h7-10,13-15H,4-6,11-12H2,1-3H3,(H,26,30)(H,24,25,28). The minimum absolute atomic E-state index is 0.0642. The van der Waals surface area contributed by atoms with E-state index in [1.807, 2.05) is 24.4 Å². The van der Waals surface area contributed by atoms with Crippen LogP contribution in [-0.2, 0) is 9.59 Å². The highest BCUT2D eigenvalue weighted by atomic mass is 32.1. The number of hydrogen-bond acceptors (Lipinski definition) is 5. The Morgan fingerprint density at radius 1 is 1.29 bits per heavy atom. The van der Waals surface area contributed by atoms with Crippen LogP contribution in [0.1, 0.15) is 57.9 Å². The molecule has 1 saturated heterocycles. The van der Waals surface area contributed by atoms with Gasteiger partial charge in [0.25, 0.3) is 5.91 Å². The third-order valence-electron chi connectivity index (χ3n) is 6.43. The molecule has 2 aromatic rings. The Balaban J connectivity index is 1.40. The monoisotopic (exact) mass is 440 g/mol. The van der Waals surface area contributed by atoms with E-state index >= 15 is 0 Å². The fourth-order valence-electron chi connectivity index (χ4n) is 4.44. The Hall–Kier alpha value is -2.74. The lowest BCUT2D eigenvalue weighted by molar-refractivity contribution is -0.136. The zero-order chi connectivity index (χ0) is 22.2. The molecule has 0 bridgehead atoms. The minimum atomic E-state index is -0.855. The van der Waals surface area contributed by atoms with Crippen molar-refractivity contribution in [2.45, 2.75) is 57.9 Å². The van der Waals surface area contributed by atoms with Crippen LogP contribution < -0.4 is 10.6 Å². The fraction of sp³-hybridized carbons (Fsp3) is 0.478. The first-order chi connectivity index (χ1) is 14.8. The smallest absolute Gasteiger partial charge is 0.323 e. The number of benzene rings is 1. The van der Waals surface area contributed by atoms with Crippen LogP contribution in [-0.4, -0.2) is 39.8 Å². The van der Waals surface area contributed by atoms with Gasteiger partial charge in [0.15, 0.2) is 5.13 Å². The first-order valence-corrected chi connectivity index (χ1v) is 11.7. The van der Waals surface area contributed by atoms with Gasteiger partial charge in [0.2, 0.25) is 5.91 Å². The molecular weight excluding hydrogens is 412 g/mol. The third-order valence-corrected chi connectivity index (χ3v) is 7.18. The molecule has 8 heteroatoms. The Morgan fingerprint density at radius 2 is 2.03 bits per heavy atom. The van der Waals surface area contributed by atoms with E-state index in [2.05, 4.69) is 41.6 Å². The first-order valence-electron chi connectivity index (χ1n) is 10.8. The number of rotatable bonds is 5. The minimum Gasteiger partial charge on any atom is -0.323 e. The number of urea groups is 1. The van der Waals surface area contributed by atoms with Crippen LogP contribution >= 0.6 is 11.3 Å². The number of nitrogens with zero attached hydrogens (tertiary/aromatic N) is 2. The Kier molecular flexibility index (Phi) is 5.83. The predicted molar refractivity (Wildman–Crippen MR) is 121 cm³/mol. The maximum Gasteiger partial charge on any atom is 0.325 e. The van der Waals surface area contributed by atoms with E-state index in [0.29, 0.717) is 17.5 Å². The van der Waals surface area contributed by atoms with Crippen molar-refractivity contribution >= 4 is 34.3 Å². The van der Waals surface area contributed by atoms with Crippen molar-refractivity contribution in [1.82, 2.24) is 15.2 Å². The number of hydrogen-bond donors (Lipinski definition) is 2. The summed E-state index contributed by atoms with van der Waals surface area (Å²) in [5.74, 6) is -0.195. The van der Waals surface area contributed by atoms with Crippen LogP contribution in [0.3, 0.4) is 0 Å². The molecule has 2 N–H and O–H groups in total. The van der Waals surface area contributed by atoms with Gasteiger partial charge in [-0.2, -0.15) is 0 Å². The van der Waals surface area contributed by atoms with Gasteiger partial charge in [0, 0.05) is 10.9 Å². The highest BCUT2D eigenvalue weighted by molar-refractivity contribution is 7.14. The van der Waals surface area contributed by atoms with Gasteiger partial charge in [-0.3, -0.25) is 14.5 Å². The predicted octanol–water partition coefficient (Wildman–Crippen LogP) is 4.37. The van der Waals surface area contributed by atoms with Crippen molar-refractivity contribution in [3.8, 4) is 11.3 Å². The third kappa shape index (κ3) is 4.08. The molecule has 1 saturated carbocycles. The second kappa shape index (κ2) is 8.42. The fourth-order valence-corrected chi connectivity index (χ4v) is 5.18. The topological polar surface area (TPSA) is 91.4 Å². The van der Waals surface area contributed by atoms with Crippen LogP contribution in [0.2, 0.25) is 0 Å². The summed E-state index contributed by atoms with van der Waals surface area (Å²) in [5, 5.41) is 7.92. The quantitative estimate of drug-likeness (QED) is 0.675. The molecule has 31 heavy (non-hydrogen) atoms. The number of imide groups is 1. The Morgan fingerprint density at radius 3 is 2.71 bits per heavy atom. The lowest BCUT2D eigenvalue weighted by atomic mass is 9.73. The van der Waals surface area contributed by atoms with Crippen LogP contribution in [0.15, 0.2) is 29.6 Å². The molecule has 2 aliphatic rings. The normalized spacial score (nSPS) is 23.5. The van der Waals surface area contributed by atoms with Crippen LogP contribution in [0, 0.1) is 5.92 Å². The van der Waals surface area contributed by atoms with Crippen LogP contribution in [0.25, 0.3) is 11.3 Å². The van der Waals surface area contributed by atoms with Crippen molar-refractivity contribution in [2.24, 2.45) is 5.92 Å². The summed E-state index contributed by atoms with van der Waals surface area (Å²) < 4.78 is 0. The average molecular weight is 441 g/mol. The summed E-state index contributed by atoms with van der Waals surface area (Å²) in [4.78, 5) is 43.5. The number of nitrogens with one attached hydrogen (secondary N) is 2. The molecule has 0 radical (unpaired) electrons. The highest BCUT2D eigenvalue weighted by Gasteiger charge is 2.55. The van der Waals surface area contributed by atoms with E-state index in [1.165, 1.54) is 16.9 Å².